The summed E-state index contributed by atoms with van der Waals surface area (Å²) in [5, 5.41) is 0. The summed E-state index contributed by atoms with van der Waals surface area (Å²) in [6, 6.07) is 18.5. The Bertz CT molecular complexity index is 1330. The number of carbonyl (C=O) groups is 2. The van der Waals surface area contributed by atoms with E-state index in [2.05, 4.69) is 0 Å². The molecule has 4 rings (SSSR count). The minimum atomic E-state index is -3.86. The molecule has 0 amide bonds. The van der Waals surface area contributed by atoms with Gasteiger partial charge in [-0.3, -0.25) is 9.10 Å². The van der Waals surface area contributed by atoms with E-state index in [0.29, 0.717) is 17.8 Å². The van der Waals surface area contributed by atoms with Crippen LogP contribution in [0, 0.1) is 13.8 Å². The Morgan fingerprint density at radius 1 is 0.909 bits per heavy atom. The number of para-hydroxylation sites is 1. The van der Waals surface area contributed by atoms with Gasteiger partial charge in [0.25, 0.3) is 10.0 Å². The number of hydrogen-bond acceptors (Lipinski definition) is 5. The highest BCUT2D eigenvalue weighted by Crippen LogP contribution is 2.32. The summed E-state index contributed by atoms with van der Waals surface area (Å²) in [5.74, 6) is -1.07. The van der Waals surface area contributed by atoms with E-state index in [9.17, 15) is 18.0 Å². The number of benzene rings is 3. The fourth-order valence-electron chi connectivity index (χ4n) is 3.87. The first-order chi connectivity index (χ1) is 15.8. The summed E-state index contributed by atoms with van der Waals surface area (Å²) in [5.41, 5.74) is 4.23. The Balaban J connectivity index is 1.51. The van der Waals surface area contributed by atoms with Gasteiger partial charge in [-0.05, 0) is 73.7 Å². The standard InChI is InChI=1S/C26H25NO5S/c1-18-12-13-21(15-19(18)2)25(28)17-32-26(29)22-8-5-10-23(16-22)33(30,31)27-14-6-9-20-7-3-4-11-24(20)27/h3-5,7-8,10-13,15-16H,6,9,14,17H2,1-2H3. The zero-order valence-electron chi connectivity index (χ0n) is 18.6. The van der Waals surface area contributed by atoms with Crippen molar-refractivity contribution in [3.8, 4) is 0 Å². The number of ketones is 1. The molecule has 33 heavy (non-hydrogen) atoms. The Hall–Kier alpha value is -3.45. The fraction of sp³-hybridized carbons (Fsp3) is 0.231. The molecule has 0 fully saturated rings. The van der Waals surface area contributed by atoms with E-state index in [1.54, 1.807) is 18.2 Å². The number of hydrogen-bond donors (Lipinski definition) is 0. The molecule has 170 valence electrons. The molecule has 0 unspecified atom stereocenters. The van der Waals surface area contributed by atoms with E-state index < -0.39 is 22.6 Å². The molecular formula is C26H25NO5S. The van der Waals surface area contributed by atoms with Crippen molar-refractivity contribution in [3.05, 3.63) is 94.5 Å². The van der Waals surface area contributed by atoms with Crippen LogP contribution in [0.5, 0.6) is 0 Å². The van der Waals surface area contributed by atoms with E-state index >= 15 is 0 Å². The number of anilines is 1. The molecule has 3 aromatic carbocycles. The predicted molar refractivity (Wildman–Crippen MR) is 126 cm³/mol. The highest BCUT2D eigenvalue weighted by Gasteiger charge is 2.29. The molecule has 1 heterocycles. The summed E-state index contributed by atoms with van der Waals surface area (Å²) in [6.07, 6.45) is 1.54. The third-order valence-corrected chi connectivity index (χ3v) is 7.70. The molecule has 0 aliphatic carbocycles. The number of fused-ring (bicyclic) bond motifs is 1. The summed E-state index contributed by atoms with van der Waals surface area (Å²) in [7, 11) is -3.86. The number of ether oxygens (including phenoxy) is 1. The maximum absolute atomic E-state index is 13.4. The van der Waals surface area contributed by atoms with Crippen LogP contribution >= 0.6 is 0 Å². The van der Waals surface area contributed by atoms with Gasteiger partial charge in [-0.1, -0.05) is 36.4 Å². The van der Waals surface area contributed by atoms with Crippen LogP contribution < -0.4 is 4.31 Å². The summed E-state index contributed by atoms with van der Waals surface area (Å²) in [4.78, 5) is 25.0. The first kappa shape index (κ1) is 22.7. The topological polar surface area (TPSA) is 80.8 Å². The molecule has 0 atom stereocenters. The number of carbonyl (C=O) groups excluding carboxylic acids is 2. The number of aryl methyl sites for hydroxylation is 3. The zero-order valence-corrected chi connectivity index (χ0v) is 19.4. The van der Waals surface area contributed by atoms with Gasteiger partial charge in [-0.15, -0.1) is 0 Å². The van der Waals surface area contributed by atoms with Crippen molar-refractivity contribution in [3.63, 3.8) is 0 Å². The normalized spacial score (nSPS) is 13.3. The summed E-state index contributed by atoms with van der Waals surface area (Å²) >= 11 is 0. The highest BCUT2D eigenvalue weighted by atomic mass is 32.2. The van der Waals surface area contributed by atoms with Crippen LogP contribution in [-0.4, -0.2) is 33.3 Å². The Morgan fingerprint density at radius 3 is 2.48 bits per heavy atom. The van der Waals surface area contributed by atoms with E-state index in [1.165, 1.54) is 28.6 Å². The monoisotopic (exact) mass is 463 g/mol. The van der Waals surface area contributed by atoms with Crippen LogP contribution in [0.15, 0.2) is 71.6 Å². The van der Waals surface area contributed by atoms with Gasteiger partial charge in [-0.2, -0.15) is 0 Å². The van der Waals surface area contributed by atoms with Gasteiger partial charge >= 0.3 is 5.97 Å². The maximum atomic E-state index is 13.4. The number of Topliss-reactive ketones (excluding diaryl/α,β-unsaturated/α-hetero) is 1. The lowest BCUT2D eigenvalue weighted by molar-refractivity contribution is 0.0474. The first-order valence-electron chi connectivity index (χ1n) is 10.8. The van der Waals surface area contributed by atoms with Gasteiger partial charge in [0.2, 0.25) is 0 Å². The van der Waals surface area contributed by atoms with Crippen LogP contribution in [0.25, 0.3) is 0 Å². The minimum Gasteiger partial charge on any atom is -0.454 e. The Kier molecular flexibility index (Phi) is 6.33. The van der Waals surface area contributed by atoms with E-state index in [1.807, 2.05) is 38.1 Å². The van der Waals surface area contributed by atoms with E-state index in [0.717, 1.165) is 29.5 Å². The molecule has 6 nitrogen and oxygen atoms in total. The minimum absolute atomic E-state index is 0.00846. The molecule has 0 aromatic heterocycles. The van der Waals surface area contributed by atoms with Crippen molar-refractivity contribution in [1.82, 2.24) is 0 Å². The number of nitrogens with zero attached hydrogens (tertiary/aromatic N) is 1. The van der Waals surface area contributed by atoms with Crippen molar-refractivity contribution in [2.45, 2.75) is 31.6 Å². The molecule has 0 saturated heterocycles. The smallest absolute Gasteiger partial charge is 0.338 e. The zero-order chi connectivity index (χ0) is 23.6. The Morgan fingerprint density at radius 2 is 1.70 bits per heavy atom. The van der Waals surface area contributed by atoms with E-state index in [-0.39, 0.29) is 16.2 Å². The molecule has 1 aliphatic heterocycles. The lowest BCUT2D eigenvalue weighted by Crippen LogP contribution is -2.35. The predicted octanol–water partition coefficient (Wildman–Crippen LogP) is 4.48. The molecule has 0 radical (unpaired) electrons. The van der Waals surface area contributed by atoms with Crippen molar-refractivity contribution in [1.29, 1.82) is 0 Å². The molecule has 7 heteroatoms. The number of rotatable bonds is 6. The average molecular weight is 464 g/mol. The largest absolute Gasteiger partial charge is 0.454 e. The summed E-state index contributed by atoms with van der Waals surface area (Å²) in [6.45, 7) is 3.81. The number of esters is 1. The average Bonchev–Trinajstić information content (AvgIpc) is 2.83. The van der Waals surface area contributed by atoms with Crippen LogP contribution in [0.2, 0.25) is 0 Å². The third kappa shape index (κ3) is 4.68. The van der Waals surface area contributed by atoms with Crippen LogP contribution in [0.1, 0.15) is 43.8 Å². The second-order valence-electron chi connectivity index (χ2n) is 8.14. The van der Waals surface area contributed by atoms with Crippen LogP contribution in [0.3, 0.4) is 0 Å². The van der Waals surface area contributed by atoms with Gasteiger partial charge in [0.15, 0.2) is 12.4 Å². The van der Waals surface area contributed by atoms with Gasteiger partial charge in [-0.25, -0.2) is 13.2 Å². The molecule has 0 saturated carbocycles. The van der Waals surface area contributed by atoms with Crippen molar-refractivity contribution in [2.24, 2.45) is 0 Å². The Labute approximate surface area is 193 Å². The maximum Gasteiger partial charge on any atom is 0.338 e. The lowest BCUT2D eigenvalue weighted by atomic mass is 10.0. The lowest BCUT2D eigenvalue weighted by Gasteiger charge is -2.30. The van der Waals surface area contributed by atoms with Gasteiger partial charge in [0.1, 0.15) is 0 Å². The fourth-order valence-corrected chi connectivity index (χ4v) is 5.46. The molecule has 0 N–H and O–H groups in total. The van der Waals surface area contributed by atoms with Gasteiger partial charge in [0.05, 0.1) is 16.1 Å². The highest BCUT2D eigenvalue weighted by molar-refractivity contribution is 7.92. The second kappa shape index (κ2) is 9.19. The SMILES string of the molecule is Cc1ccc(C(=O)COC(=O)c2cccc(S(=O)(=O)N3CCCc4ccccc43)c2)cc1C. The molecule has 1 aliphatic rings. The van der Waals surface area contributed by atoms with Crippen molar-refractivity contribution < 1.29 is 22.7 Å². The number of sulfonamides is 1. The van der Waals surface area contributed by atoms with Crippen LogP contribution in [-0.2, 0) is 21.2 Å². The molecule has 0 spiro atoms. The molecule has 3 aromatic rings. The van der Waals surface area contributed by atoms with Gasteiger partial charge < -0.3 is 4.74 Å². The van der Waals surface area contributed by atoms with E-state index in [4.69, 9.17) is 4.74 Å². The second-order valence-corrected chi connectivity index (χ2v) is 10.00. The van der Waals surface area contributed by atoms with Crippen molar-refractivity contribution in [2.75, 3.05) is 17.5 Å². The molecular weight excluding hydrogens is 438 g/mol. The quantitative estimate of drug-likeness (QED) is 0.398. The van der Waals surface area contributed by atoms with Gasteiger partial charge in [0, 0.05) is 12.1 Å². The summed E-state index contributed by atoms with van der Waals surface area (Å²) < 4.78 is 33.3. The third-order valence-electron chi connectivity index (χ3n) is 5.89. The van der Waals surface area contributed by atoms with Crippen LogP contribution in [0.4, 0.5) is 5.69 Å². The molecule has 0 bridgehead atoms. The first-order valence-corrected chi connectivity index (χ1v) is 12.2. The van der Waals surface area contributed by atoms with Crippen molar-refractivity contribution >= 4 is 27.5 Å².